The Balaban J connectivity index is 3.72. The van der Waals surface area contributed by atoms with E-state index in [-0.39, 0.29) is 0 Å². The molecule has 9 heteroatoms. The van der Waals surface area contributed by atoms with Crippen molar-refractivity contribution in [3.8, 4) is 0 Å². The van der Waals surface area contributed by atoms with E-state index in [1.165, 1.54) is 5.32 Å². The number of alkyl halides is 3. The average molecular weight is 230 g/mol. The molecular formula is C6H9F3N2O4. The largest absolute Gasteiger partial charge is 0.479 e. The summed E-state index contributed by atoms with van der Waals surface area (Å²) in [5.74, 6) is -1.58. The van der Waals surface area contributed by atoms with Crippen LogP contribution in [0.2, 0.25) is 0 Å². The number of carboxylic acids is 1. The topological polar surface area (TPSA) is 98.7 Å². The van der Waals surface area contributed by atoms with Crippen LogP contribution in [0, 0.1) is 0 Å². The first-order valence-electron chi connectivity index (χ1n) is 3.71. The van der Waals surface area contributed by atoms with Crippen molar-refractivity contribution in [3.63, 3.8) is 0 Å². The van der Waals surface area contributed by atoms with Gasteiger partial charge in [0.1, 0.15) is 6.54 Å². The van der Waals surface area contributed by atoms with Crippen LogP contribution in [-0.2, 0) is 4.79 Å². The van der Waals surface area contributed by atoms with E-state index in [1.54, 1.807) is 5.32 Å². The monoisotopic (exact) mass is 230 g/mol. The molecule has 0 aromatic heterocycles. The number of carbonyl (C=O) groups is 2. The molecule has 0 aromatic carbocycles. The summed E-state index contributed by atoms with van der Waals surface area (Å²) in [7, 11) is 0. The average Bonchev–Trinajstić information content (AvgIpc) is 2.09. The number of carboxylic acid groups (broad SMARTS) is 1. The number of hydrogen-bond donors (Lipinski definition) is 4. The summed E-state index contributed by atoms with van der Waals surface area (Å²) in [6.45, 7) is -2.19. The van der Waals surface area contributed by atoms with Gasteiger partial charge in [-0.1, -0.05) is 0 Å². The number of aliphatic hydroxyl groups is 1. The standard InChI is InChI=1S/C6H9F3N2O4/c7-6(8,9)2-11-5(15)10-1-3(12)4(13)14/h3,12H,1-2H2,(H,13,14)(H2,10,11,15)/t3-/m0/s1. The van der Waals surface area contributed by atoms with Gasteiger partial charge < -0.3 is 20.8 Å². The van der Waals surface area contributed by atoms with Crippen LogP contribution in [0.3, 0.4) is 0 Å². The van der Waals surface area contributed by atoms with Gasteiger partial charge in [0, 0.05) is 0 Å². The van der Waals surface area contributed by atoms with Gasteiger partial charge in [-0.05, 0) is 0 Å². The first kappa shape index (κ1) is 13.5. The molecule has 0 saturated heterocycles. The normalized spacial score (nSPS) is 13.1. The second kappa shape index (κ2) is 5.39. The summed E-state index contributed by atoms with van der Waals surface area (Å²) in [4.78, 5) is 20.6. The smallest absolute Gasteiger partial charge is 0.405 e. The highest BCUT2D eigenvalue weighted by Gasteiger charge is 2.27. The number of hydrogen-bond acceptors (Lipinski definition) is 3. The second-order valence-corrected chi connectivity index (χ2v) is 2.53. The van der Waals surface area contributed by atoms with E-state index in [4.69, 9.17) is 10.2 Å². The molecule has 6 nitrogen and oxygen atoms in total. The molecule has 0 radical (unpaired) electrons. The van der Waals surface area contributed by atoms with Crippen molar-refractivity contribution in [1.29, 1.82) is 0 Å². The molecule has 0 heterocycles. The van der Waals surface area contributed by atoms with Crippen LogP contribution in [0.5, 0.6) is 0 Å². The van der Waals surface area contributed by atoms with Crippen LogP contribution in [0.1, 0.15) is 0 Å². The van der Waals surface area contributed by atoms with Crippen LogP contribution in [0.4, 0.5) is 18.0 Å². The predicted octanol–water partition coefficient (Wildman–Crippen LogP) is -0.707. The van der Waals surface area contributed by atoms with E-state index in [0.29, 0.717) is 0 Å². The van der Waals surface area contributed by atoms with E-state index in [2.05, 4.69) is 0 Å². The van der Waals surface area contributed by atoms with Crippen molar-refractivity contribution >= 4 is 12.0 Å². The third-order valence-electron chi connectivity index (χ3n) is 1.19. The molecule has 0 fully saturated rings. The van der Waals surface area contributed by atoms with Crippen molar-refractivity contribution < 1.29 is 33.0 Å². The maximum atomic E-state index is 11.6. The van der Waals surface area contributed by atoms with E-state index in [0.717, 1.165) is 0 Å². The van der Waals surface area contributed by atoms with Gasteiger partial charge in [0.05, 0.1) is 6.54 Å². The van der Waals surface area contributed by atoms with Gasteiger partial charge in [0.15, 0.2) is 6.10 Å². The number of amides is 2. The number of nitrogens with one attached hydrogen (secondary N) is 2. The Labute approximate surface area is 82.1 Å². The minimum absolute atomic E-state index is 0.668. The third-order valence-corrected chi connectivity index (χ3v) is 1.19. The summed E-state index contributed by atoms with van der Waals surface area (Å²) in [5, 5.41) is 20.0. The highest BCUT2D eigenvalue weighted by Crippen LogP contribution is 2.11. The summed E-state index contributed by atoms with van der Waals surface area (Å²) in [5.41, 5.74) is 0. The van der Waals surface area contributed by atoms with Crippen molar-refractivity contribution in [2.45, 2.75) is 12.3 Å². The first-order chi connectivity index (χ1) is 6.72. The lowest BCUT2D eigenvalue weighted by Crippen LogP contribution is -2.44. The van der Waals surface area contributed by atoms with Gasteiger partial charge >= 0.3 is 18.2 Å². The summed E-state index contributed by atoms with van der Waals surface area (Å²) in [6.07, 6.45) is -6.38. The van der Waals surface area contributed by atoms with Gasteiger partial charge in [0.2, 0.25) is 0 Å². The van der Waals surface area contributed by atoms with Crippen LogP contribution in [0.25, 0.3) is 0 Å². The third kappa shape index (κ3) is 7.55. The zero-order valence-electron chi connectivity index (χ0n) is 7.34. The van der Waals surface area contributed by atoms with Crippen molar-refractivity contribution in [1.82, 2.24) is 10.6 Å². The Morgan fingerprint density at radius 1 is 1.27 bits per heavy atom. The summed E-state index contributed by atoms with van der Waals surface area (Å²) >= 11 is 0. The van der Waals surface area contributed by atoms with Crippen LogP contribution in [-0.4, -0.2) is 47.6 Å². The molecule has 1 atom stereocenters. The fraction of sp³-hybridized carbons (Fsp3) is 0.667. The predicted molar refractivity (Wildman–Crippen MR) is 41.1 cm³/mol. The zero-order chi connectivity index (χ0) is 12.1. The van der Waals surface area contributed by atoms with Crippen LogP contribution < -0.4 is 10.6 Å². The number of urea groups is 1. The SMILES string of the molecule is O=C(NC[C@H](O)C(=O)O)NCC(F)(F)F. The number of halogens is 3. The fourth-order valence-corrected chi connectivity index (χ4v) is 0.520. The van der Waals surface area contributed by atoms with Gasteiger partial charge in [-0.3, -0.25) is 0 Å². The highest BCUT2D eigenvalue weighted by atomic mass is 19.4. The quantitative estimate of drug-likeness (QED) is 0.513. The molecule has 0 aliphatic carbocycles. The van der Waals surface area contributed by atoms with E-state index >= 15 is 0 Å². The molecule has 0 aromatic rings. The minimum atomic E-state index is -4.54. The lowest BCUT2D eigenvalue weighted by atomic mass is 10.4. The molecule has 0 rings (SSSR count). The highest BCUT2D eigenvalue weighted by molar-refractivity contribution is 5.76. The van der Waals surface area contributed by atoms with Crippen LogP contribution in [0.15, 0.2) is 0 Å². The minimum Gasteiger partial charge on any atom is -0.479 e. The Morgan fingerprint density at radius 2 is 1.80 bits per heavy atom. The Morgan fingerprint density at radius 3 is 2.20 bits per heavy atom. The summed E-state index contributed by atoms with van der Waals surface area (Å²) in [6, 6.07) is -1.20. The van der Waals surface area contributed by atoms with Gasteiger partial charge in [-0.2, -0.15) is 13.2 Å². The van der Waals surface area contributed by atoms with E-state index in [1.807, 2.05) is 0 Å². The molecule has 0 spiro atoms. The number of carbonyl (C=O) groups excluding carboxylic acids is 1. The van der Waals surface area contributed by atoms with Gasteiger partial charge in [0.25, 0.3) is 0 Å². The maximum Gasteiger partial charge on any atom is 0.405 e. The van der Waals surface area contributed by atoms with Gasteiger partial charge in [-0.25, -0.2) is 9.59 Å². The molecule has 0 bridgehead atoms. The molecule has 0 aliphatic rings. The molecule has 0 aliphatic heterocycles. The fourth-order valence-electron chi connectivity index (χ4n) is 0.520. The number of aliphatic hydroxyl groups excluding tert-OH is 1. The molecular weight excluding hydrogens is 221 g/mol. The lowest BCUT2D eigenvalue weighted by Gasteiger charge is -2.10. The first-order valence-corrected chi connectivity index (χ1v) is 3.71. The van der Waals surface area contributed by atoms with Crippen molar-refractivity contribution in [2.75, 3.05) is 13.1 Å². The lowest BCUT2D eigenvalue weighted by molar-refractivity contribution is -0.146. The molecule has 2 amide bonds. The van der Waals surface area contributed by atoms with E-state index < -0.39 is 37.4 Å². The Kier molecular flexibility index (Phi) is 4.85. The molecule has 4 N–H and O–H groups in total. The summed E-state index contributed by atoms with van der Waals surface area (Å²) < 4.78 is 34.7. The zero-order valence-corrected chi connectivity index (χ0v) is 7.34. The van der Waals surface area contributed by atoms with Crippen molar-refractivity contribution in [3.05, 3.63) is 0 Å². The van der Waals surface area contributed by atoms with Gasteiger partial charge in [-0.15, -0.1) is 0 Å². The molecule has 0 unspecified atom stereocenters. The Bertz CT molecular complexity index is 243. The second-order valence-electron chi connectivity index (χ2n) is 2.53. The van der Waals surface area contributed by atoms with Crippen LogP contribution >= 0.6 is 0 Å². The number of rotatable bonds is 4. The van der Waals surface area contributed by atoms with Crippen molar-refractivity contribution in [2.24, 2.45) is 0 Å². The number of aliphatic carboxylic acids is 1. The molecule has 88 valence electrons. The maximum absolute atomic E-state index is 11.6. The Hall–Kier alpha value is -1.51. The molecule has 15 heavy (non-hydrogen) atoms. The molecule has 0 saturated carbocycles. The van der Waals surface area contributed by atoms with E-state index in [9.17, 15) is 22.8 Å².